The van der Waals surface area contributed by atoms with Gasteiger partial charge in [-0.25, -0.2) is 9.50 Å². The van der Waals surface area contributed by atoms with Crippen LogP contribution in [0.15, 0.2) is 18.2 Å². The van der Waals surface area contributed by atoms with Crippen LogP contribution in [0.3, 0.4) is 0 Å². The smallest absolute Gasteiger partial charge is 0.155 e. The van der Waals surface area contributed by atoms with E-state index in [0.29, 0.717) is 0 Å². The maximum absolute atomic E-state index is 6.15. The molecule has 1 saturated carbocycles. The van der Waals surface area contributed by atoms with E-state index in [1.165, 1.54) is 0 Å². The fourth-order valence-corrected chi connectivity index (χ4v) is 1.78. The molecular formula is C10H12N4. The fourth-order valence-electron chi connectivity index (χ4n) is 1.78. The van der Waals surface area contributed by atoms with Crippen molar-refractivity contribution in [1.82, 2.24) is 14.6 Å². The predicted molar refractivity (Wildman–Crippen MR) is 52.8 cm³/mol. The molecule has 0 unspecified atom stereocenters. The molecule has 1 aliphatic carbocycles. The predicted octanol–water partition coefficient (Wildman–Crippen LogP) is 0.986. The molecule has 3 rings (SSSR count). The molecule has 1 fully saturated rings. The first kappa shape index (κ1) is 7.94. The molecule has 2 aromatic heterocycles. The average molecular weight is 188 g/mol. The van der Waals surface area contributed by atoms with Crippen molar-refractivity contribution in [3.8, 4) is 0 Å². The Hall–Kier alpha value is -1.42. The van der Waals surface area contributed by atoms with Crippen molar-refractivity contribution in [2.24, 2.45) is 5.73 Å². The molecular weight excluding hydrogens is 176 g/mol. The molecule has 4 heteroatoms. The summed E-state index contributed by atoms with van der Waals surface area (Å²) in [6.07, 6.45) is 2.09. The number of hydrogen-bond acceptors (Lipinski definition) is 3. The Morgan fingerprint density at radius 1 is 1.43 bits per heavy atom. The zero-order valence-corrected chi connectivity index (χ0v) is 8.07. The van der Waals surface area contributed by atoms with E-state index in [1.54, 1.807) is 0 Å². The number of fused-ring (bicyclic) bond motifs is 1. The van der Waals surface area contributed by atoms with E-state index in [4.69, 9.17) is 5.73 Å². The van der Waals surface area contributed by atoms with Crippen LogP contribution < -0.4 is 5.73 Å². The Kier molecular flexibility index (Phi) is 1.32. The Balaban J connectivity index is 2.32. The largest absolute Gasteiger partial charge is 0.320 e. The normalized spacial score (nSPS) is 18.7. The Labute approximate surface area is 81.8 Å². The maximum Gasteiger partial charge on any atom is 0.155 e. The van der Waals surface area contributed by atoms with E-state index in [-0.39, 0.29) is 5.54 Å². The summed E-state index contributed by atoms with van der Waals surface area (Å²) in [6.45, 7) is 1.90. The van der Waals surface area contributed by atoms with Crippen LogP contribution in [0.4, 0.5) is 0 Å². The number of nitrogens with zero attached hydrogens (tertiary/aromatic N) is 3. The molecule has 0 saturated heterocycles. The molecule has 2 heterocycles. The third-order valence-corrected chi connectivity index (χ3v) is 2.76. The second-order valence-electron chi connectivity index (χ2n) is 4.00. The van der Waals surface area contributed by atoms with Gasteiger partial charge in [0.15, 0.2) is 5.65 Å². The molecule has 14 heavy (non-hydrogen) atoms. The van der Waals surface area contributed by atoms with Gasteiger partial charge in [-0.2, -0.15) is 5.10 Å². The first-order chi connectivity index (χ1) is 6.69. The molecule has 0 atom stereocenters. The van der Waals surface area contributed by atoms with E-state index in [0.717, 1.165) is 30.0 Å². The highest BCUT2D eigenvalue weighted by Gasteiger charge is 2.42. The number of nitrogens with two attached hydrogens (primary N) is 1. The van der Waals surface area contributed by atoms with Crippen molar-refractivity contribution in [3.63, 3.8) is 0 Å². The standard InChI is InChI=1S/C10H12N4/c1-7-12-9-4-2-3-8(14(9)13-7)10(11)5-6-10/h2-4H,5-6,11H2,1H3. The minimum atomic E-state index is -0.153. The van der Waals surface area contributed by atoms with Crippen LogP contribution in [0.5, 0.6) is 0 Å². The van der Waals surface area contributed by atoms with Crippen LogP contribution in [0.1, 0.15) is 24.4 Å². The highest BCUT2D eigenvalue weighted by molar-refractivity contribution is 5.41. The molecule has 1 aliphatic rings. The monoisotopic (exact) mass is 188 g/mol. The Morgan fingerprint density at radius 3 is 2.93 bits per heavy atom. The molecule has 2 aromatic rings. The van der Waals surface area contributed by atoms with Crippen LogP contribution in [0.25, 0.3) is 5.65 Å². The molecule has 0 aromatic carbocycles. The summed E-state index contributed by atoms with van der Waals surface area (Å²) in [6, 6.07) is 5.98. The summed E-state index contributed by atoms with van der Waals surface area (Å²) in [5, 5.41) is 4.35. The number of hydrogen-bond donors (Lipinski definition) is 1. The zero-order valence-electron chi connectivity index (χ0n) is 8.07. The van der Waals surface area contributed by atoms with Gasteiger partial charge in [0.25, 0.3) is 0 Å². The first-order valence-electron chi connectivity index (χ1n) is 4.81. The van der Waals surface area contributed by atoms with E-state index in [2.05, 4.69) is 10.1 Å². The van der Waals surface area contributed by atoms with Crippen LogP contribution in [-0.4, -0.2) is 14.6 Å². The second-order valence-corrected chi connectivity index (χ2v) is 4.00. The van der Waals surface area contributed by atoms with Crippen molar-refractivity contribution in [3.05, 3.63) is 29.7 Å². The number of rotatable bonds is 1. The van der Waals surface area contributed by atoms with Crippen molar-refractivity contribution in [1.29, 1.82) is 0 Å². The van der Waals surface area contributed by atoms with Gasteiger partial charge in [-0.05, 0) is 31.9 Å². The van der Waals surface area contributed by atoms with E-state index in [9.17, 15) is 0 Å². The Bertz CT molecular complexity index is 496. The average Bonchev–Trinajstić information content (AvgIpc) is 2.78. The van der Waals surface area contributed by atoms with Gasteiger partial charge >= 0.3 is 0 Å². The van der Waals surface area contributed by atoms with Crippen LogP contribution in [0, 0.1) is 6.92 Å². The van der Waals surface area contributed by atoms with Crippen molar-refractivity contribution < 1.29 is 0 Å². The van der Waals surface area contributed by atoms with Gasteiger partial charge in [0.2, 0.25) is 0 Å². The highest BCUT2D eigenvalue weighted by Crippen LogP contribution is 2.42. The number of aromatic nitrogens is 3. The van der Waals surface area contributed by atoms with E-state index < -0.39 is 0 Å². The molecule has 0 aliphatic heterocycles. The summed E-state index contributed by atoms with van der Waals surface area (Å²) >= 11 is 0. The molecule has 0 bridgehead atoms. The second kappa shape index (κ2) is 2.33. The van der Waals surface area contributed by atoms with E-state index in [1.807, 2.05) is 29.6 Å². The summed E-state index contributed by atoms with van der Waals surface area (Å²) in [7, 11) is 0. The van der Waals surface area contributed by atoms with Crippen LogP contribution in [0.2, 0.25) is 0 Å². The van der Waals surface area contributed by atoms with Crippen LogP contribution in [-0.2, 0) is 5.54 Å². The van der Waals surface area contributed by atoms with Crippen molar-refractivity contribution in [2.75, 3.05) is 0 Å². The lowest BCUT2D eigenvalue weighted by molar-refractivity contribution is 0.667. The first-order valence-corrected chi connectivity index (χ1v) is 4.81. The van der Waals surface area contributed by atoms with Gasteiger partial charge in [-0.1, -0.05) is 6.07 Å². The molecule has 0 radical (unpaired) electrons. The van der Waals surface area contributed by atoms with Gasteiger partial charge in [-0.15, -0.1) is 0 Å². The minimum absolute atomic E-state index is 0.153. The lowest BCUT2D eigenvalue weighted by Gasteiger charge is -2.09. The maximum atomic E-state index is 6.15. The summed E-state index contributed by atoms with van der Waals surface area (Å²) < 4.78 is 1.86. The summed E-state index contributed by atoms with van der Waals surface area (Å²) in [5.41, 5.74) is 7.97. The summed E-state index contributed by atoms with van der Waals surface area (Å²) in [4.78, 5) is 4.31. The quantitative estimate of drug-likeness (QED) is 0.726. The van der Waals surface area contributed by atoms with Crippen molar-refractivity contribution in [2.45, 2.75) is 25.3 Å². The van der Waals surface area contributed by atoms with Gasteiger partial charge in [-0.3, -0.25) is 0 Å². The molecule has 0 amide bonds. The molecule has 4 nitrogen and oxygen atoms in total. The minimum Gasteiger partial charge on any atom is -0.320 e. The van der Waals surface area contributed by atoms with Crippen LogP contribution >= 0.6 is 0 Å². The van der Waals surface area contributed by atoms with Gasteiger partial charge in [0.05, 0.1) is 11.2 Å². The highest BCUT2D eigenvalue weighted by atomic mass is 15.3. The summed E-state index contributed by atoms with van der Waals surface area (Å²) in [5.74, 6) is 0.793. The third-order valence-electron chi connectivity index (χ3n) is 2.76. The topological polar surface area (TPSA) is 56.2 Å². The van der Waals surface area contributed by atoms with E-state index >= 15 is 0 Å². The third kappa shape index (κ3) is 0.974. The van der Waals surface area contributed by atoms with Gasteiger partial charge in [0, 0.05) is 0 Å². The lowest BCUT2D eigenvalue weighted by atomic mass is 10.2. The molecule has 2 N–H and O–H groups in total. The van der Waals surface area contributed by atoms with Crippen molar-refractivity contribution >= 4 is 5.65 Å². The van der Waals surface area contributed by atoms with Gasteiger partial charge in [0.1, 0.15) is 5.82 Å². The van der Waals surface area contributed by atoms with Gasteiger partial charge < -0.3 is 5.73 Å². The molecule has 0 spiro atoms. The Morgan fingerprint density at radius 2 is 2.21 bits per heavy atom. The number of pyridine rings is 1. The lowest BCUT2D eigenvalue weighted by Crippen LogP contribution is -2.22. The number of aryl methyl sites for hydroxylation is 1. The SMILES string of the molecule is Cc1nc2cccc(C3(N)CC3)n2n1. The molecule has 72 valence electrons. The fraction of sp³-hybridized carbons (Fsp3) is 0.400. The zero-order chi connectivity index (χ0) is 9.76.